The Balaban J connectivity index is 1.78. The van der Waals surface area contributed by atoms with Gasteiger partial charge in [0.2, 0.25) is 5.95 Å². The third-order valence-electron chi connectivity index (χ3n) is 6.31. The molecule has 1 N–H and O–H groups in total. The molecule has 4 rings (SSSR count). The van der Waals surface area contributed by atoms with E-state index in [1.807, 2.05) is 6.07 Å². The highest BCUT2D eigenvalue weighted by Gasteiger charge is 2.35. The lowest BCUT2D eigenvalue weighted by Gasteiger charge is -2.40. The predicted molar refractivity (Wildman–Crippen MR) is 122 cm³/mol. The zero-order valence-electron chi connectivity index (χ0n) is 19.2. The van der Waals surface area contributed by atoms with Crippen LogP contribution < -0.4 is 5.32 Å². The van der Waals surface area contributed by atoms with E-state index >= 15 is 0 Å². The van der Waals surface area contributed by atoms with E-state index < -0.39 is 17.7 Å². The maximum Gasteiger partial charge on any atom is 0.416 e. The number of alkyl halides is 3. The largest absolute Gasteiger partial charge is 0.465 e. The van der Waals surface area contributed by atoms with Gasteiger partial charge in [-0.25, -0.2) is 9.78 Å². The number of halogens is 3. The molecule has 8 heteroatoms. The van der Waals surface area contributed by atoms with E-state index in [-0.39, 0.29) is 11.5 Å². The van der Waals surface area contributed by atoms with Crippen LogP contribution in [0.4, 0.5) is 24.8 Å². The summed E-state index contributed by atoms with van der Waals surface area (Å²) in [6.07, 6.45) is -1.34. The number of nitrogens with zero attached hydrogens (tertiary/aromatic N) is 2. The summed E-state index contributed by atoms with van der Waals surface area (Å²) >= 11 is 0. The number of hydrogen-bond acceptors (Lipinski definition) is 4. The van der Waals surface area contributed by atoms with Crippen LogP contribution in [0, 0.1) is 11.3 Å². The van der Waals surface area contributed by atoms with Crippen LogP contribution in [0.25, 0.3) is 11.0 Å². The van der Waals surface area contributed by atoms with Crippen LogP contribution >= 0.6 is 0 Å². The Morgan fingerprint density at radius 2 is 1.85 bits per heavy atom. The Kier molecular flexibility index (Phi) is 5.88. The van der Waals surface area contributed by atoms with Gasteiger partial charge in [0.15, 0.2) is 0 Å². The van der Waals surface area contributed by atoms with E-state index in [1.165, 1.54) is 19.2 Å². The minimum atomic E-state index is -4.39. The number of ether oxygens (including phenoxy) is 1. The van der Waals surface area contributed by atoms with E-state index in [0.29, 0.717) is 28.6 Å². The molecule has 0 radical (unpaired) electrons. The third-order valence-corrected chi connectivity index (χ3v) is 6.31. The van der Waals surface area contributed by atoms with Crippen LogP contribution in [0.15, 0.2) is 42.5 Å². The third kappa shape index (κ3) is 4.84. The number of hydrogen-bond donors (Lipinski definition) is 1. The van der Waals surface area contributed by atoms with E-state index in [1.54, 1.807) is 12.1 Å². The molecule has 2 aromatic carbocycles. The van der Waals surface area contributed by atoms with Gasteiger partial charge in [-0.05, 0) is 73.1 Å². The van der Waals surface area contributed by atoms with E-state index in [9.17, 15) is 18.0 Å². The Morgan fingerprint density at radius 3 is 2.45 bits per heavy atom. The van der Waals surface area contributed by atoms with Crippen LogP contribution in [-0.4, -0.2) is 22.6 Å². The maximum atomic E-state index is 13.0. The van der Waals surface area contributed by atoms with Gasteiger partial charge in [-0.15, -0.1) is 0 Å². The first-order chi connectivity index (χ1) is 15.5. The summed E-state index contributed by atoms with van der Waals surface area (Å²) in [5.41, 5.74) is 1.85. The lowest BCUT2D eigenvalue weighted by atomic mass is 9.70. The van der Waals surface area contributed by atoms with Crippen LogP contribution in [-0.2, 0) is 10.9 Å². The second-order valence-electron chi connectivity index (χ2n) is 9.77. The average molecular weight is 460 g/mol. The molecule has 176 valence electrons. The molecular weight excluding hydrogens is 431 g/mol. The monoisotopic (exact) mass is 459 g/mol. The fourth-order valence-corrected chi connectivity index (χ4v) is 5.17. The van der Waals surface area contributed by atoms with Crippen molar-refractivity contribution in [3.05, 3.63) is 53.6 Å². The van der Waals surface area contributed by atoms with Crippen molar-refractivity contribution in [2.45, 2.75) is 52.3 Å². The summed E-state index contributed by atoms with van der Waals surface area (Å²) in [6, 6.07) is 10.3. The van der Waals surface area contributed by atoms with Gasteiger partial charge in [0, 0.05) is 11.7 Å². The van der Waals surface area contributed by atoms with Gasteiger partial charge < -0.3 is 14.6 Å². The number of fused-ring (bicyclic) bond motifs is 1. The summed E-state index contributed by atoms with van der Waals surface area (Å²) < 4.78 is 45.8. The molecule has 1 aliphatic carbocycles. The molecule has 2 atom stereocenters. The minimum absolute atomic E-state index is 0.149. The Morgan fingerprint density at radius 1 is 1.15 bits per heavy atom. The number of esters is 1. The van der Waals surface area contributed by atoms with Crippen LogP contribution in [0.2, 0.25) is 0 Å². The summed E-state index contributed by atoms with van der Waals surface area (Å²) in [5.74, 6) is 0.613. The van der Waals surface area contributed by atoms with E-state index in [4.69, 9.17) is 9.72 Å². The number of methoxy groups -OCH3 is 1. The standard InChI is InChI=1S/C25H28F3N3O2/c1-15-11-19(14-24(2,3)13-15)31-21-10-5-16(22(32)33-4)12-20(21)30-23(31)29-18-8-6-17(7-9-18)25(26,27)28/h5-10,12,15,19H,11,13-14H2,1-4H3,(H,29,30)/t15-,19?/m0/s1. The van der Waals surface area contributed by atoms with Gasteiger partial charge in [0.25, 0.3) is 0 Å². The molecule has 1 fully saturated rings. The smallest absolute Gasteiger partial charge is 0.416 e. The molecule has 0 saturated heterocycles. The van der Waals surface area contributed by atoms with Gasteiger partial charge in [-0.3, -0.25) is 0 Å². The fourth-order valence-electron chi connectivity index (χ4n) is 5.17. The van der Waals surface area contributed by atoms with Gasteiger partial charge in [-0.1, -0.05) is 20.8 Å². The van der Waals surface area contributed by atoms with Crippen LogP contribution in [0.1, 0.15) is 62.0 Å². The fraction of sp³-hybridized carbons (Fsp3) is 0.440. The van der Waals surface area contributed by atoms with Crippen molar-refractivity contribution in [2.75, 3.05) is 12.4 Å². The molecule has 1 aromatic heterocycles. The zero-order valence-corrected chi connectivity index (χ0v) is 19.2. The van der Waals surface area contributed by atoms with Gasteiger partial charge in [-0.2, -0.15) is 13.2 Å². The molecule has 0 aliphatic heterocycles. The average Bonchev–Trinajstić information content (AvgIpc) is 3.08. The number of nitrogens with one attached hydrogen (secondary N) is 1. The Hall–Kier alpha value is -3.03. The molecule has 33 heavy (non-hydrogen) atoms. The van der Waals surface area contributed by atoms with Gasteiger partial charge >= 0.3 is 12.1 Å². The second-order valence-corrected chi connectivity index (χ2v) is 9.77. The lowest BCUT2D eigenvalue weighted by molar-refractivity contribution is -0.137. The SMILES string of the molecule is COC(=O)c1ccc2c(c1)nc(Nc1ccc(C(F)(F)F)cc1)n2C1C[C@H](C)CC(C)(C)C1. The lowest BCUT2D eigenvalue weighted by Crippen LogP contribution is -2.29. The van der Waals surface area contributed by atoms with E-state index in [2.05, 4.69) is 30.7 Å². The van der Waals surface area contributed by atoms with Crippen LogP contribution in [0.3, 0.4) is 0 Å². The number of rotatable bonds is 4. The number of benzene rings is 2. The first-order valence-electron chi connectivity index (χ1n) is 11.0. The van der Waals surface area contributed by atoms with Crippen molar-refractivity contribution in [1.82, 2.24) is 9.55 Å². The highest BCUT2D eigenvalue weighted by atomic mass is 19.4. The number of imidazole rings is 1. The normalized spacial score (nSPS) is 20.6. The Bertz CT molecular complexity index is 1170. The summed E-state index contributed by atoms with van der Waals surface area (Å²) in [5, 5.41) is 3.21. The summed E-state index contributed by atoms with van der Waals surface area (Å²) in [6.45, 7) is 6.76. The Labute approximate surface area is 191 Å². The minimum Gasteiger partial charge on any atom is -0.465 e. The molecule has 3 aromatic rings. The summed E-state index contributed by atoms with van der Waals surface area (Å²) in [4.78, 5) is 16.7. The molecule has 1 aliphatic rings. The second kappa shape index (κ2) is 8.39. The van der Waals surface area contributed by atoms with Gasteiger partial charge in [0.1, 0.15) is 0 Å². The first-order valence-corrected chi connectivity index (χ1v) is 11.0. The number of carbonyl (C=O) groups excluding carboxylic acids is 1. The highest BCUT2D eigenvalue weighted by Crippen LogP contribution is 2.46. The van der Waals surface area contributed by atoms with Crippen molar-refractivity contribution in [3.63, 3.8) is 0 Å². The zero-order chi connectivity index (χ0) is 24.0. The van der Waals surface area contributed by atoms with Crippen molar-refractivity contribution in [2.24, 2.45) is 11.3 Å². The summed E-state index contributed by atoms with van der Waals surface area (Å²) in [7, 11) is 1.33. The molecular formula is C25H28F3N3O2. The van der Waals surface area contributed by atoms with Crippen LogP contribution in [0.5, 0.6) is 0 Å². The van der Waals surface area contributed by atoms with Crippen molar-refractivity contribution in [1.29, 1.82) is 0 Å². The number of anilines is 2. The molecule has 1 unspecified atom stereocenters. The van der Waals surface area contributed by atoms with Gasteiger partial charge in [0.05, 0.1) is 29.3 Å². The number of aromatic nitrogens is 2. The highest BCUT2D eigenvalue weighted by molar-refractivity contribution is 5.94. The molecule has 0 spiro atoms. The predicted octanol–water partition coefficient (Wildman–Crippen LogP) is 6.97. The quantitative estimate of drug-likeness (QED) is 0.428. The molecule has 1 heterocycles. The molecule has 5 nitrogen and oxygen atoms in total. The number of carbonyl (C=O) groups is 1. The van der Waals surface area contributed by atoms with Crippen molar-refractivity contribution < 1.29 is 22.7 Å². The maximum absolute atomic E-state index is 13.0. The van der Waals surface area contributed by atoms with Crippen molar-refractivity contribution in [3.8, 4) is 0 Å². The molecule has 0 bridgehead atoms. The molecule has 0 amide bonds. The topological polar surface area (TPSA) is 56.1 Å². The van der Waals surface area contributed by atoms with E-state index in [0.717, 1.165) is 36.9 Å². The first kappa shape index (κ1) is 23.1. The van der Waals surface area contributed by atoms with Crippen molar-refractivity contribution >= 4 is 28.6 Å². The molecule has 1 saturated carbocycles.